The summed E-state index contributed by atoms with van der Waals surface area (Å²) < 4.78 is 1.79. The van der Waals surface area contributed by atoms with Gasteiger partial charge in [-0.05, 0) is 30.5 Å². The summed E-state index contributed by atoms with van der Waals surface area (Å²) in [5.41, 5.74) is 5.35. The zero-order valence-corrected chi connectivity index (χ0v) is 17.0. The second-order valence-electron chi connectivity index (χ2n) is 6.75. The van der Waals surface area contributed by atoms with E-state index in [9.17, 15) is 9.90 Å². The number of carbonyl (C=O) groups is 1. The Balaban J connectivity index is 1.63. The molecule has 0 unspecified atom stereocenters. The van der Waals surface area contributed by atoms with Crippen LogP contribution in [0.3, 0.4) is 0 Å². The van der Waals surface area contributed by atoms with Crippen molar-refractivity contribution < 1.29 is 9.90 Å². The Morgan fingerprint density at radius 2 is 1.89 bits per heavy atom. The molecule has 28 heavy (non-hydrogen) atoms. The van der Waals surface area contributed by atoms with E-state index in [-0.39, 0.29) is 19.1 Å². The number of amides is 1. The molecule has 2 aromatic carbocycles. The Morgan fingerprint density at radius 3 is 2.61 bits per heavy atom. The molecule has 2 N–H and O–H groups in total. The van der Waals surface area contributed by atoms with Crippen LogP contribution >= 0.6 is 11.8 Å². The molecule has 3 rings (SSSR count). The number of hydrogen-bond donors (Lipinski definition) is 2. The molecule has 0 aliphatic rings. The molecule has 1 amide bonds. The van der Waals surface area contributed by atoms with Gasteiger partial charge in [0.25, 0.3) is 0 Å². The average molecular weight is 396 g/mol. The van der Waals surface area contributed by atoms with Crippen LogP contribution in [0, 0.1) is 13.8 Å². The van der Waals surface area contributed by atoms with Gasteiger partial charge >= 0.3 is 0 Å². The molecular formula is C22H25N3O2S. The Bertz CT molecular complexity index is 935. The van der Waals surface area contributed by atoms with Gasteiger partial charge in [-0.15, -0.1) is 0 Å². The van der Waals surface area contributed by atoms with E-state index >= 15 is 0 Å². The minimum Gasteiger partial charge on any atom is -0.390 e. The molecule has 146 valence electrons. The first-order valence-corrected chi connectivity index (χ1v) is 10.2. The maximum absolute atomic E-state index is 12.4. The molecule has 0 fully saturated rings. The van der Waals surface area contributed by atoms with Gasteiger partial charge in [0.2, 0.25) is 5.91 Å². The lowest BCUT2D eigenvalue weighted by Crippen LogP contribution is -2.28. The Hall–Kier alpha value is -2.57. The molecule has 0 aliphatic heterocycles. The Morgan fingerprint density at radius 1 is 1.14 bits per heavy atom. The summed E-state index contributed by atoms with van der Waals surface area (Å²) in [6, 6.07) is 16.3. The van der Waals surface area contributed by atoms with E-state index in [1.165, 1.54) is 16.7 Å². The molecule has 1 aromatic heterocycles. The van der Waals surface area contributed by atoms with Gasteiger partial charge in [-0.1, -0.05) is 65.9 Å². The number of aryl methyl sites for hydroxylation is 2. The fourth-order valence-corrected chi connectivity index (χ4v) is 3.90. The van der Waals surface area contributed by atoms with Crippen LogP contribution in [-0.2, 0) is 30.2 Å². The quantitative estimate of drug-likeness (QED) is 0.572. The summed E-state index contributed by atoms with van der Waals surface area (Å²) >= 11 is 1.57. The van der Waals surface area contributed by atoms with Crippen molar-refractivity contribution >= 4 is 17.7 Å². The van der Waals surface area contributed by atoms with Crippen molar-refractivity contribution in [2.45, 2.75) is 44.5 Å². The lowest BCUT2D eigenvalue weighted by molar-refractivity contribution is -0.122. The van der Waals surface area contributed by atoms with Gasteiger partial charge in [-0.25, -0.2) is 4.98 Å². The van der Waals surface area contributed by atoms with E-state index in [0.717, 1.165) is 16.5 Å². The summed E-state index contributed by atoms with van der Waals surface area (Å²) in [6.07, 6.45) is 1.63. The predicted molar refractivity (Wildman–Crippen MR) is 112 cm³/mol. The average Bonchev–Trinajstić information content (AvgIpc) is 3.08. The van der Waals surface area contributed by atoms with E-state index in [2.05, 4.69) is 29.4 Å². The van der Waals surface area contributed by atoms with Crippen molar-refractivity contribution in [1.29, 1.82) is 0 Å². The van der Waals surface area contributed by atoms with Crippen molar-refractivity contribution in [3.63, 3.8) is 0 Å². The number of benzene rings is 2. The summed E-state index contributed by atoms with van der Waals surface area (Å²) in [5, 5.41) is 13.3. The SMILES string of the molecule is Cc1ccc(CNC(=O)Cn2c(CO)cnc2SCc2ccccc2C)cc1. The number of carbonyl (C=O) groups excluding carboxylic acids is 1. The fourth-order valence-electron chi connectivity index (χ4n) is 2.82. The van der Waals surface area contributed by atoms with Gasteiger partial charge in [0.15, 0.2) is 5.16 Å². The molecule has 0 radical (unpaired) electrons. The third-order valence-corrected chi connectivity index (χ3v) is 5.63. The summed E-state index contributed by atoms with van der Waals surface area (Å²) in [5.74, 6) is 0.658. The standard InChI is InChI=1S/C22H25N3O2S/c1-16-7-9-18(10-8-16)11-23-21(27)13-25-20(14-26)12-24-22(25)28-15-19-6-4-3-5-17(19)2/h3-10,12,26H,11,13-15H2,1-2H3,(H,23,27). The predicted octanol–water partition coefficient (Wildman–Crippen LogP) is 3.60. The number of rotatable bonds is 8. The Kier molecular flexibility index (Phi) is 6.90. The van der Waals surface area contributed by atoms with Crippen LogP contribution in [0.1, 0.15) is 27.9 Å². The number of aromatic nitrogens is 2. The molecule has 0 aliphatic carbocycles. The van der Waals surface area contributed by atoms with Crippen molar-refractivity contribution in [3.8, 4) is 0 Å². The topological polar surface area (TPSA) is 67.2 Å². The number of aliphatic hydroxyl groups is 1. The Labute approximate surface area is 169 Å². The summed E-state index contributed by atoms with van der Waals surface area (Å²) in [6.45, 7) is 4.59. The molecule has 6 heteroatoms. The number of imidazole rings is 1. The maximum Gasteiger partial charge on any atom is 0.240 e. The van der Waals surface area contributed by atoms with Crippen LogP contribution in [-0.4, -0.2) is 20.6 Å². The van der Waals surface area contributed by atoms with E-state index in [1.807, 2.05) is 43.3 Å². The third kappa shape index (κ3) is 5.24. The molecule has 0 spiro atoms. The highest BCUT2D eigenvalue weighted by molar-refractivity contribution is 7.98. The van der Waals surface area contributed by atoms with Gasteiger partial charge in [0.1, 0.15) is 6.54 Å². The number of aliphatic hydroxyl groups excluding tert-OH is 1. The first-order valence-electron chi connectivity index (χ1n) is 9.21. The number of nitrogens with one attached hydrogen (secondary N) is 1. The zero-order chi connectivity index (χ0) is 19.9. The molecular weight excluding hydrogens is 370 g/mol. The van der Waals surface area contributed by atoms with Crippen molar-refractivity contribution in [2.24, 2.45) is 0 Å². The molecule has 0 saturated carbocycles. The molecule has 5 nitrogen and oxygen atoms in total. The highest BCUT2D eigenvalue weighted by atomic mass is 32.2. The van der Waals surface area contributed by atoms with Gasteiger partial charge in [-0.3, -0.25) is 4.79 Å². The summed E-state index contributed by atoms with van der Waals surface area (Å²) in [7, 11) is 0. The fraction of sp³-hybridized carbons (Fsp3) is 0.273. The first kappa shape index (κ1) is 20.2. The number of thioether (sulfide) groups is 1. The van der Waals surface area contributed by atoms with E-state index < -0.39 is 0 Å². The van der Waals surface area contributed by atoms with Crippen LogP contribution in [0.4, 0.5) is 0 Å². The third-order valence-electron chi connectivity index (χ3n) is 4.59. The second kappa shape index (κ2) is 9.57. The maximum atomic E-state index is 12.4. The highest BCUT2D eigenvalue weighted by Crippen LogP contribution is 2.24. The monoisotopic (exact) mass is 395 g/mol. The van der Waals surface area contributed by atoms with Crippen molar-refractivity contribution in [2.75, 3.05) is 0 Å². The smallest absolute Gasteiger partial charge is 0.240 e. The molecule has 0 saturated heterocycles. The van der Waals surface area contributed by atoms with Crippen LogP contribution in [0.5, 0.6) is 0 Å². The normalized spacial score (nSPS) is 10.8. The van der Waals surface area contributed by atoms with E-state index in [1.54, 1.807) is 22.5 Å². The van der Waals surface area contributed by atoms with Crippen molar-refractivity contribution in [1.82, 2.24) is 14.9 Å². The second-order valence-corrected chi connectivity index (χ2v) is 7.70. The first-order chi connectivity index (χ1) is 13.6. The minimum absolute atomic E-state index is 0.106. The van der Waals surface area contributed by atoms with Gasteiger partial charge in [-0.2, -0.15) is 0 Å². The largest absolute Gasteiger partial charge is 0.390 e. The van der Waals surface area contributed by atoms with Crippen LogP contribution < -0.4 is 5.32 Å². The van der Waals surface area contributed by atoms with Gasteiger partial charge in [0.05, 0.1) is 18.5 Å². The van der Waals surface area contributed by atoms with E-state index in [4.69, 9.17) is 0 Å². The summed E-state index contributed by atoms with van der Waals surface area (Å²) in [4.78, 5) is 16.8. The molecule has 1 heterocycles. The van der Waals surface area contributed by atoms with Gasteiger partial charge in [0, 0.05) is 12.3 Å². The number of nitrogens with zero attached hydrogens (tertiary/aromatic N) is 2. The van der Waals surface area contributed by atoms with Crippen LogP contribution in [0.25, 0.3) is 0 Å². The van der Waals surface area contributed by atoms with Gasteiger partial charge < -0.3 is 15.0 Å². The molecule has 0 bridgehead atoms. The zero-order valence-electron chi connectivity index (χ0n) is 16.2. The number of hydrogen-bond acceptors (Lipinski definition) is 4. The lowest BCUT2D eigenvalue weighted by Gasteiger charge is -2.12. The van der Waals surface area contributed by atoms with E-state index in [0.29, 0.717) is 12.2 Å². The van der Waals surface area contributed by atoms with Crippen LogP contribution in [0.2, 0.25) is 0 Å². The molecule has 0 atom stereocenters. The van der Waals surface area contributed by atoms with Crippen LogP contribution in [0.15, 0.2) is 59.9 Å². The molecule has 3 aromatic rings. The van der Waals surface area contributed by atoms with Crippen molar-refractivity contribution in [3.05, 3.63) is 82.7 Å². The minimum atomic E-state index is -0.150. The lowest BCUT2D eigenvalue weighted by atomic mass is 10.1. The highest BCUT2D eigenvalue weighted by Gasteiger charge is 2.14.